The molecular weight excluding hydrogens is 216 g/mol. The van der Waals surface area contributed by atoms with Crippen LogP contribution in [-0.2, 0) is 11.3 Å². The number of nitrogens with one attached hydrogen (secondary N) is 2. The Morgan fingerprint density at radius 2 is 2.41 bits per heavy atom. The molecule has 17 heavy (non-hydrogen) atoms. The van der Waals surface area contributed by atoms with Crippen molar-refractivity contribution < 1.29 is 4.74 Å². The van der Waals surface area contributed by atoms with Gasteiger partial charge in [0.05, 0.1) is 23.5 Å². The lowest BCUT2D eigenvalue weighted by Gasteiger charge is -2.08. The largest absolute Gasteiger partial charge is 0.385 e. The van der Waals surface area contributed by atoms with Crippen molar-refractivity contribution >= 4 is 16.6 Å². The number of aromatic amines is 1. The van der Waals surface area contributed by atoms with Crippen molar-refractivity contribution in [3.8, 4) is 6.07 Å². The van der Waals surface area contributed by atoms with Crippen molar-refractivity contribution in [1.82, 2.24) is 9.97 Å². The van der Waals surface area contributed by atoms with E-state index in [1.165, 1.54) is 0 Å². The minimum absolute atomic E-state index is 0.398. The van der Waals surface area contributed by atoms with Crippen LogP contribution in [0, 0.1) is 11.3 Å². The Labute approximate surface area is 99.4 Å². The number of fused-ring (bicyclic) bond motifs is 1. The third-order valence-electron chi connectivity index (χ3n) is 2.59. The summed E-state index contributed by atoms with van der Waals surface area (Å²) in [4.78, 5) is 7.45. The topological polar surface area (TPSA) is 73.7 Å². The molecule has 88 valence electrons. The molecule has 2 heterocycles. The summed E-state index contributed by atoms with van der Waals surface area (Å²) < 4.78 is 5.36. The molecule has 2 aromatic rings. The maximum atomic E-state index is 9.09. The Balaban J connectivity index is 2.61. The van der Waals surface area contributed by atoms with E-state index in [0.717, 1.165) is 22.3 Å². The summed E-state index contributed by atoms with van der Waals surface area (Å²) >= 11 is 0. The minimum atomic E-state index is 0.398. The number of ether oxygens (including phenoxy) is 1. The predicted molar refractivity (Wildman–Crippen MR) is 65.7 cm³/mol. The van der Waals surface area contributed by atoms with E-state index in [-0.39, 0.29) is 0 Å². The zero-order valence-corrected chi connectivity index (χ0v) is 9.87. The molecule has 5 nitrogen and oxygen atoms in total. The second-order valence-electron chi connectivity index (χ2n) is 3.55. The SMILES string of the molecule is CCOCc1nc(C#N)c(NC)c2cc[nH]c12. The first-order valence-electron chi connectivity index (χ1n) is 5.47. The maximum Gasteiger partial charge on any atom is 0.164 e. The highest BCUT2D eigenvalue weighted by Crippen LogP contribution is 2.27. The Morgan fingerprint density at radius 1 is 1.59 bits per heavy atom. The average Bonchev–Trinajstić information content (AvgIpc) is 2.84. The highest BCUT2D eigenvalue weighted by atomic mass is 16.5. The van der Waals surface area contributed by atoms with Gasteiger partial charge in [0.1, 0.15) is 6.07 Å². The fraction of sp³-hybridized carbons (Fsp3) is 0.333. The molecule has 0 aliphatic heterocycles. The van der Waals surface area contributed by atoms with Gasteiger partial charge in [-0.3, -0.25) is 0 Å². The van der Waals surface area contributed by atoms with Crippen molar-refractivity contribution in [3.63, 3.8) is 0 Å². The standard InChI is InChI=1S/C12H14N4O/c1-3-17-7-10-12-8(4-5-15-12)11(14-2)9(6-13)16-10/h4-5,14-15H,3,7H2,1-2H3. The Kier molecular flexibility index (Phi) is 3.26. The zero-order chi connectivity index (χ0) is 12.3. The molecular formula is C12H14N4O. The summed E-state index contributed by atoms with van der Waals surface area (Å²) in [6.07, 6.45) is 1.84. The Hall–Kier alpha value is -2.06. The first-order chi connectivity index (χ1) is 8.31. The van der Waals surface area contributed by atoms with Crippen LogP contribution in [0.2, 0.25) is 0 Å². The molecule has 0 aliphatic rings. The van der Waals surface area contributed by atoms with Crippen molar-refractivity contribution in [2.75, 3.05) is 19.0 Å². The number of anilines is 1. The van der Waals surface area contributed by atoms with Crippen LogP contribution in [0.1, 0.15) is 18.3 Å². The summed E-state index contributed by atoms with van der Waals surface area (Å²) in [5.74, 6) is 0. The molecule has 0 aliphatic carbocycles. The zero-order valence-electron chi connectivity index (χ0n) is 9.87. The van der Waals surface area contributed by atoms with E-state index < -0.39 is 0 Å². The number of rotatable bonds is 4. The molecule has 2 N–H and O–H groups in total. The fourth-order valence-corrected chi connectivity index (χ4v) is 1.83. The number of aromatic nitrogens is 2. The number of pyridine rings is 1. The van der Waals surface area contributed by atoms with Gasteiger partial charge < -0.3 is 15.0 Å². The van der Waals surface area contributed by atoms with Gasteiger partial charge in [-0.05, 0) is 13.0 Å². The van der Waals surface area contributed by atoms with Crippen LogP contribution in [0.25, 0.3) is 10.9 Å². The molecule has 0 unspecified atom stereocenters. The summed E-state index contributed by atoms with van der Waals surface area (Å²) in [7, 11) is 1.78. The molecule has 2 rings (SSSR count). The Bertz CT molecular complexity index is 568. The minimum Gasteiger partial charge on any atom is -0.385 e. The van der Waals surface area contributed by atoms with Crippen LogP contribution in [0.3, 0.4) is 0 Å². The lowest BCUT2D eigenvalue weighted by Crippen LogP contribution is -2.03. The van der Waals surface area contributed by atoms with E-state index in [2.05, 4.69) is 21.4 Å². The van der Waals surface area contributed by atoms with Crippen LogP contribution in [0.15, 0.2) is 12.3 Å². The van der Waals surface area contributed by atoms with Crippen molar-refractivity contribution in [2.45, 2.75) is 13.5 Å². The molecule has 5 heteroatoms. The second kappa shape index (κ2) is 4.85. The maximum absolute atomic E-state index is 9.09. The van der Waals surface area contributed by atoms with E-state index in [9.17, 15) is 0 Å². The van der Waals surface area contributed by atoms with E-state index in [4.69, 9.17) is 10.00 Å². The van der Waals surface area contributed by atoms with E-state index in [1.807, 2.05) is 19.2 Å². The van der Waals surface area contributed by atoms with Crippen molar-refractivity contribution in [1.29, 1.82) is 5.26 Å². The van der Waals surface area contributed by atoms with Crippen LogP contribution in [0.4, 0.5) is 5.69 Å². The van der Waals surface area contributed by atoms with Gasteiger partial charge in [-0.2, -0.15) is 5.26 Å². The molecule has 0 saturated heterocycles. The molecule has 0 bridgehead atoms. The lowest BCUT2D eigenvalue weighted by molar-refractivity contribution is 0.132. The van der Waals surface area contributed by atoms with Gasteiger partial charge in [0, 0.05) is 25.2 Å². The lowest BCUT2D eigenvalue weighted by atomic mass is 10.2. The fourth-order valence-electron chi connectivity index (χ4n) is 1.83. The molecule has 0 fully saturated rings. The highest BCUT2D eigenvalue weighted by molar-refractivity contribution is 5.95. The van der Waals surface area contributed by atoms with E-state index in [1.54, 1.807) is 7.05 Å². The highest BCUT2D eigenvalue weighted by Gasteiger charge is 2.13. The van der Waals surface area contributed by atoms with E-state index in [0.29, 0.717) is 18.9 Å². The Morgan fingerprint density at radius 3 is 3.06 bits per heavy atom. The van der Waals surface area contributed by atoms with Crippen LogP contribution < -0.4 is 5.32 Å². The second-order valence-corrected chi connectivity index (χ2v) is 3.55. The van der Waals surface area contributed by atoms with E-state index >= 15 is 0 Å². The van der Waals surface area contributed by atoms with Crippen molar-refractivity contribution in [2.24, 2.45) is 0 Å². The number of nitriles is 1. The summed E-state index contributed by atoms with van der Waals surface area (Å²) in [6.45, 7) is 2.96. The van der Waals surface area contributed by atoms with Crippen LogP contribution in [0.5, 0.6) is 0 Å². The molecule has 0 spiro atoms. The number of H-pyrrole nitrogens is 1. The summed E-state index contributed by atoms with van der Waals surface area (Å²) in [5.41, 5.74) is 2.84. The molecule has 0 amide bonds. The predicted octanol–water partition coefficient (Wildman–Crippen LogP) is 2.01. The summed E-state index contributed by atoms with van der Waals surface area (Å²) in [6, 6.07) is 4.03. The van der Waals surface area contributed by atoms with Gasteiger partial charge >= 0.3 is 0 Å². The number of hydrogen-bond acceptors (Lipinski definition) is 4. The van der Waals surface area contributed by atoms with Crippen LogP contribution >= 0.6 is 0 Å². The molecule has 2 aromatic heterocycles. The van der Waals surface area contributed by atoms with Gasteiger partial charge in [0.2, 0.25) is 0 Å². The quantitative estimate of drug-likeness (QED) is 0.842. The first kappa shape index (κ1) is 11.4. The van der Waals surface area contributed by atoms with Gasteiger partial charge in [0.25, 0.3) is 0 Å². The third-order valence-corrected chi connectivity index (χ3v) is 2.59. The summed E-state index contributed by atoms with van der Waals surface area (Å²) in [5, 5.41) is 13.1. The van der Waals surface area contributed by atoms with Crippen LogP contribution in [-0.4, -0.2) is 23.6 Å². The molecule has 0 aromatic carbocycles. The third kappa shape index (κ3) is 1.95. The monoisotopic (exact) mass is 230 g/mol. The number of hydrogen-bond donors (Lipinski definition) is 2. The first-order valence-corrected chi connectivity index (χ1v) is 5.47. The molecule has 0 radical (unpaired) electrons. The van der Waals surface area contributed by atoms with Gasteiger partial charge in [0.15, 0.2) is 5.69 Å². The van der Waals surface area contributed by atoms with Crippen molar-refractivity contribution in [3.05, 3.63) is 23.7 Å². The average molecular weight is 230 g/mol. The molecule has 0 atom stereocenters. The van der Waals surface area contributed by atoms with Gasteiger partial charge in [-0.15, -0.1) is 0 Å². The smallest absolute Gasteiger partial charge is 0.164 e. The van der Waals surface area contributed by atoms with Gasteiger partial charge in [-0.25, -0.2) is 4.98 Å². The number of nitrogens with zero attached hydrogens (tertiary/aromatic N) is 2. The normalized spacial score (nSPS) is 10.4. The molecule has 0 saturated carbocycles. The van der Waals surface area contributed by atoms with Gasteiger partial charge in [-0.1, -0.05) is 0 Å².